The van der Waals surface area contributed by atoms with Gasteiger partial charge in [0.25, 0.3) is 5.91 Å². The Kier molecular flexibility index (Phi) is 5.64. The summed E-state index contributed by atoms with van der Waals surface area (Å²) in [5, 5.41) is 2.88. The fraction of sp³-hybridized carbons (Fsp3) is 0.333. The fourth-order valence-corrected chi connectivity index (χ4v) is 3.04. The van der Waals surface area contributed by atoms with E-state index in [9.17, 15) is 9.59 Å². The summed E-state index contributed by atoms with van der Waals surface area (Å²) in [6, 6.07) is 12.8. The molecule has 2 amide bonds. The fourth-order valence-electron chi connectivity index (χ4n) is 3.04. The molecule has 0 radical (unpaired) electrons. The Labute approximate surface area is 159 Å². The van der Waals surface area contributed by atoms with E-state index in [1.54, 1.807) is 36.3 Å². The van der Waals surface area contributed by atoms with Crippen LogP contribution in [0.1, 0.15) is 17.5 Å². The van der Waals surface area contributed by atoms with Gasteiger partial charge in [0.15, 0.2) is 6.61 Å². The molecule has 3 rings (SSSR count). The molecule has 0 unspecified atom stereocenters. The number of carbonyl (C=O) groups is 2. The van der Waals surface area contributed by atoms with E-state index in [4.69, 9.17) is 9.47 Å². The number of rotatable bonds is 6. The number of hydrogen-bond donors (Lipinski definition) is 1. The van der Waals surface area contributed by atoms with Gasteiger partial charge in [0.2, 0.25) is 5.91 Å². The van der Waals surface area contributed by atoms with E-state index < -0.39 is 0 Å². The Bertz CT molecular complexity index is 833. The summed E-state index contributed by atoms with van der Waals surface area (Å²) in [5.41, 5.74) is 3.20. The number of amides is 2. The number of hydrogen-bond acceptors (Lipinski definition) is 4. The lowest BCUT2D eigenvalue weighted by atomic mass is 10.1. The van der Waals surface area contributed by atoms with Crippen molar-refractivity contribution in [1.29, 1.82) is 0 Å². The van der Waals surface area contributed by atoms with Gasteiger partial charge in [0, 0.05) is 18.7 Å². The molecule has 0 spiro atoms. The van der Waals surface area contributed by atoms with Gasteiger partial charge < -0.3 is 19.7 Å². The Hall–Kier alpha value is -3.02. The first-order chi connectivity index (χ1) is 13.0. The summed E-state index contributed by atoms with van der Waals surface area (Å²) in [6.45, 7) is 4.43. The zero-order chi connectivity index (χ0) is 19.4. The summed E-state index contributed by atoms with van der Waals surface area (Å²) in [4.78, 5) is 26.2. The van der Waals surface area contributed by atoms with E-state index in [0.29, 0.717) is 18.7 Å². The van der Waals surface area contributed by atoms with Gasteiger partial charge in [-0.1, -0.05) is 6.07 Å². The van der Waals surface area contributed by atoms with E-state index in [-0.39, 0.29) is 24.5 Å². The predicted octanol–water partition coefficient (Wildman–Crippen LogP) is 2.61. The molecular formula is C21H24N2O4. The SMILES string of the molecule is COc1ccc(OCC(=O)N[C@@H]2CC(=O)N(c3ccc(C)c(C)c3)C2)cc1. The molecular weight excluding hydrogens is 344 g/mol. The third kappa shape index (κ3) is 4.58. The number of aryl methyl sites for hydroxylation is 2. The molecule has 0 saturated carbocycles. The van der Waals surface area contributed by atoms with Gasteiger partial charge in [-0.15, -0.1) is 0 Å². The Morgan fingerprint density at radius 1 is 1.11 bits per heavy atom. The van der Waals surface area contributed by atoms with E-state index in [0.717, 1.165) is 17.0 Å². The van der Waals surface area contributed by atoms with E-state index >= 15 is 0 Å². The number of anilines is 1. The first-order valence-corrected chi connectivity index (χ1v) is 8.90. The van der Waals surface area contributed by atoms with Crippen LogP contribution in [0.3, 0.4) is 0 Å². The van der Waals surface area contributed by atoms with Crippen molar-refractivity contribution in [2.75, 3.05) is 25.2 Å². The molecule has 1 N–H and O–H groups in total. The zero-order valence-electron chi connectivity index (χ0n) is 15.8. The van der Waals surface area contributed by atoms with Gasteiger partial charge in [0.1, 0.15) is 11.5 Å². The average molecular weight is 368 g/mol. The normalized spacial score (nSPS) is 16.3. The maximum atomic E-state index is 12.3. The number of nitrogens with zero attached hydrogens (tertiary/aromatic N) is 1. The van der Waals surface area contributed by atoms with Gasteiger partial charge in [-0.3, -0.25) is 9.59 Å². The molecule has 1 fully saturated rings. The molecule has 1 aliphatic rings. The second kappa shape index (κ2) is 8.12. The lowest BCUT2D eigenvalue weighted by Crippen LogP contribution is -2.39. The van der Waals surface area contributed by atoms with Crippen molar-refractivity contribution in [3.05, 3.63) is 53.6 Å². The van der Waals surface area contributed by atoms with Gasteiger partial charge in [-0.25, -0.2) is 0 Å². The third-order valence-electron chi connectivity index (χ3n) is 4.72. The van der Waals surface area contributed by atoms with Crippen LogP contribution in [-0.4, -0.2) is 38.1 Å². The minimum Gasteiger partial charge on any atom is -0.497 e. The number of methoxy groups -OCH3 is 1. The molecule has 27 heavy (non-hydrogen) atoms. The quantitative estimate of drug-likeness (QED) is 0.851. The Morgan fingerprint density at radius 3 is 2.48 bits per heavy atom. The van der Waals surface area contributed by atoms with E-state index in [1.165, 1.54) is 5.56 Å². The molecule has 6 heteroatoms. The van der Waals surface area contributed by atoms with Gasteiger partial charge in [-0.2, -0.15) is 0 Å². The lowest BCUT2D eigenvalue weighted by Gasteiger charge is -2.18. The van der Waals surface area contributed by atoms with Crippen molar-refractivity contribution in [3.8, 4) is 11.5 Å². The molecule has 2 aromatic carbocycles. The molecule has 0 aromatic heterocycles. The first kappa shape index (κ1) is 18.8. The maximum Gasteiger partial charge on any atom is 0.258 e. The molecule has 6 nitrogen and oxygen atoms in total. The van der Waals surface area contributed by atoms with Crippen LogP contribution in [0.5, 0.6) is 11.5 Å². The molecule has 1 aliphatic heterocycles. The van der Waals surface area contributed by atoms with Crippen LogP contribution in [0.2, 0.25) is 0 Å². The van der Waals surface area contributed by atoms with Crippen molar-refractivity contribution >= 4 is 17.5 Å². The van der Waals surface area contributed by atoms with Crippen molar-refractivity contribution in [2.24, 2.45) is 0 Å². The van der Waals surface area contributed by atoms with Crippen molar-refractivity contribution in [2.45, 2.75) is 26.3 Å². The molecule has 1 heterocycles. The molecule has 142 valence electrons. The first-order valence-electron chi connectivity index (χ1n) is 8.90. The minimum absolute atomic E-state index is 0.0135. The molecule has 1 saturated heterocycles. The smallest absolute Gasteiger partial charge is 0.258 e. The van der Waals surface area contributed by atoms with Crippen molar-refractivity contribution in [1.82, 2.24) is 5.32 Å². The summed E-state index contributed by atoms with van der Waals surface area (Å²) in [7, 11) is 1.59. The highest BCUT2D eigenvalue weighted by molar-refractivity contribution is 5.97. The minimum atomic E-state index is -0.245. The van der Waals surface area contributed by atoms with Crippen LogP contribution in [0, 0.1) is 13.8 Å². The van der Waals surface area contributed by atoms with Crippen LogP contribution in [0.4, 0.5) is 5.69 Å². The highest BCUT2D eigenvalue weighted by atomic mass is 16.5. The van der Waals surface area contributed by atoms with Crippen LogP contribution < -0.4 is 19.7 Å². The van der Waals surface area contributed by atoms with E-state index in [1.807, 2.05) is 32.0 Å². The van der Waals surface area contributed by atoms with Crippen LogP contribution in [-0.2, 0) is 9.59 Å². The topological polar surface area (TPSA) is 67.9 Å². The molecule has 0 bridgehead atoms. The van der Waals surface area contributed by atoms with E-state index in [2.05, 4.69) is 5.32 Å². The maximum absolute atomic E-state index is 12.3. The summed E-state index contributed by atoms with van der Waals surface area (Å²) in [5.74, 6) is 1.08. The summed E-state index contributed by atoms with van der Waals surface area (Å²) >= 11 is 0. The van der Waals surface area contributed by atoms with Gasteiger partial charge in [0.05, 0.1) is 13.2 Å². The third-order valence-corrected chi connectivity index (χ3v) is 4.72. The Balaban J connectivity index is 1.52. The average Bonchev–Trinajstić information content (AvgIpc) is 3.02. The highest BCUT2D eigenvalue weighted by Crippen LogP contribution is 2.24. The summed E-state index contributed by atoms with van der Waals surface area (Å²) < 4.78 is 10.6. The molecule has 1 atom stereocenters. The van der Waals surface area contributed by atoms with Crippen molar-refractivity contribution < 1.29 is 19.1 Å². The molecule has 2 aromatic rings. The molecule has 0 aliphatic carbocycles. The number of nitrogens with one attached hydrogen (secondary N) is 1. The second-order valence-electron chi connectivity index (χ2n) is 6.71. The Morgan fingerprint density at radius 2 is 1.81 bits per heavy atom. The standard InChI is InChI=1S/C21H24N2O4/c1-14-4-5-17(10-15(14)2)23-12-16(11-21(23)25)22-20(24)13-27-19-8-6-18(26-3)7-9-19/h4-10,16H,11-13H2,1-3H3,(H,22,24)/t16-/m1/s1. The zero-order valence-corrected chi connectivity index (χ0v) is 15.8. The second-order valence-corrected chi connectivity index (χ2v) is 6.71. The predicted molar refractivity (Wildman–Crippen MR) is 103 cm³/mol. The number of ether oxygens (including phenoxy) is 2. The summed E-state index contributed by atoms with van der Waals surface area (Å²) in [6.07, 6.45) is 0.293. The highest BCUT2D eigenvalue weighted by Gasteiger charge is 2.31. The van der Waals surface area contributed by atoms with Crippen LogP contribution >= 0.6 is 0 Å². The lowest BCUT2D eigenvalue weighted by molar-refractivity contribution is -0.123. The van der Waals surface area contributed by atoms with Crippen LogP contribution in [0.15, 0.2) is 42.5 Å². The monoisotopic (exact) mass is 368 g/mol. The van der Waals surface area contributed by atoms with Gasteiger partial charge in [-0.05, 0) is 61.4 Å². The van der Waals surface area contributed by atoms with Crippen LogP contribution in [0.25, 0.3) is 0 Å². The number of carbonyl (C=O) groups excluding carboxylic acids is 2. The number of benzene rings is 2. The largest absolute Gasteiger partial charge is 0.497 e. The van der Waals surface area contributed by atoms with Crippen molar-refractivity contribution in [3.63, 3.8) is 0 Å². The van der Waals surface area contributed by atoms with Gasteiger partial charge >= 0.3 is 0 Å².